The fraction of sp³-hybridized carbons (Fsp3) is 0.429. The van der Waals surface area contributed by atoms with E-state index in [1.165, 1.54) is 0 Å². The summed E-state index contributed by atoms with van der Waals surface area (Å²) < 4.78 is 7.10. The van der Waals surface area contributed by atoms with E-state index in [0.717, 1.165) is 23.6 Å². The molecule has 0 aromatic carbocycles. The molecule has 0 fully saturated rings. The van der Waals surface area contributed by atoms with Gasteiger partial charge in [0.05, 0.1) is 18.4 Å². The van der Waals surface area contributed by atoms with Crippen LogP contribution in [0.4, 0.5) is 5.82 Å². The minimum atomic E-state index is -0.263. The molecule has 2 rings (SSSR count). The highest BCUT2D eigenvalue weighted by Crippen LogP contribution is 2.22. The van der Waals surface area contributed by atoms with Crippen LogP contribution in [0, 0.1) is 0 Å². The van der Waals surface area contributed by atoms with E-state index in [2.05, 4.69) is 25.9 Å². The van der Waals surface area contributed by atoms with Gasteiger partial charge in [-0.2, -0.15) is 5.10 Å². The predicted octanol–water partition coefficient (Wildman–Crippen LogP) is 0.753. The summed E-state index contributed by atoms with van der Waals surface area (Å²) in [4.78, 5) is 11.4. The summed E-state index contributed by atoms with van der Waals surface area (Å²) in [6.07, 6.45) is 0.815. The molecule has 0 saturated heterocycles. The van der Waals surface area contributed by atoms with Crippen molar-refractivity contribution >= 4 is 11.7 Å². The molecule has 0 aliphatic carbocycles. The first-order valence-electron chi connectivity index (χ1n) is 6.99. The highest BCUT2D eigenvalue weighted by atomic mass is 16.5. The van der Waals surface area contributed by atoms with E-state index >= 15 is 0 Å². The van der Waals surface area contributed by atoms with Crippen LogP contribution in [0.25, 0.3) is 0 Å². The number of nitrogens with zero attached hydrogens (tertiary/aromatic N) is 4. The van der Waals surface area contributed by atoms with Crippen molar-refractivity contribution in [3.05, 3.63) is 29.1 Å². The Labute approximate surface area is 128 Å². The van der Waals surface area contributed by atoms with E-state index in [9.17, 15) is 4.79 Å². The first kappa shape index (κ1) is 15.7. The second-order valence-electron chi connectivity index (χ2n) is 4.65. The summed E-state index contributed by atoms with van der Waals surface area (Å²) in [6, 6.07) is 3.33. The highest BCUT2D eigenvalue weighted by molar-refractivity contribution is 5.91. The Hall–Kier alpha value is -2.64. The number of carbonyl (C=O) groups excluding carboxylic acids is 1. The Morgan fingerprint density at radius 2 is 2.14 bits per heavy atom. The minimum Gasteiger partial charge on any atom is -0.481 e. The van der Waals surface area contributed by atoms with Crippen molar-refractivity contribution in [3.8, 4) is 5.88 Å². The molecule has 0 bridgehead atoms. The SMILES string of the molecule is CCc1nn(C)c(OC)c1CNc1ccc(C(=O)NC)nn1. The van der Waals surface area contributed by atoms with Gasteiger partial charge < -0.3 is 15.4 Å². The molecule has 2 heterocycles. The summed E-state index contributed by atoms with van der Waals surface area (Å²) in [5, 5.41) is 18.0. The van der Waals surface area contributed by atoms with E-state index in [4.69, 9.17) is 4.74 Å². The molecule has 1 amide bonds. The van der Waals surface area contributed by atoms with Crippen molar-refractivity contribution in [2.45, 2.75) is 19.9 Å². The maximum absolute atomic E-state index is 11.4. The highest BCUT2D eigenvalue weighted by Gasteiger charge is 2.15. The van der Waals surface area contributed by atoms with Gasteiger partial charge in [0.15, 0.2) is 5.69 Å². The van der Waals surface area contributed by atoms with Crippen molar-refractivity contribution in [1.29, 1.82) is 0 Å². The average Bonchev–Trinajstić information content (AvgIpc) is 2.87. The summed E-state index contributed by atoms with van der Waals surface area (Å²) in [7, 11) is 5.02. The van der Waals surface area contributed by atoms with Crippen molar-refractivity contribution in [2.75, 3.05) is 19.5 Å². The van der Waals surface area contributed by atoms with E-state index in [1.54, 1.807) is 31.0 Å². The molecule has 0 atom stereocenters. The molecule has 2 aromatic heterocycles. The van der Waals surface area contributed by atoms with Gasteiger partial charge in [-0.3, -0.25) is 4.79 Å². The number of aromatic nitrogens is 4. The van der Waals surface area contributed by atoms with Crippen LogP contribution in [0.1, 0.15) is 28.7 Å². The van der Waals surface area contributed by atoms with Gasteiger partial charge in [0, 0.05) is 20.6 Å². The van der Waals surface area contributed by atoms with E-state index < -0.39 is 0 Å². The van der Waals surface area contributed by atoms with Crippen LogP contribution in [-0.4, -0.2) is 40.0 Å². The first-order valence-corrected chi connectivity index (χ1v) is 6.99. The molecule has 8 heteroatoms. The fourth-order valence-corrected chi connectivity index (χ4v) is 2.18. The predicted molar refractivity (Wildman–Crippen MR) is 81.9 cm³/mol. The Balaban J connectivity index is 2.11. The third-order valence-electron chi connectivity index (χ3n) is 3.27. The number of hydrogen-bond acceptors (Lipinski definition) is 6. The van der Waals surface area contributed by atoms with Crippen LogP contribution < -0.4 is 15.4 Å². The molecule has 0 saturated carbocycles. The smallest absolute Gasteiger partial charge is 0.271 e. The zero-order valence-corrected chi connectivity index (χ0v) is 13.2. The molecule has 118 valence electrons. The van der Waals surface area contributed by atoms with Crippen LogP contribution in [0.3, 0.4) is 0 Å². The monoisotopic (exact) mass is 304 g/mol. The number of methoxy groups -OCH3 is 1. The largest absolute Gasteiger partial charge is 0.481 e. The van der Waals surface area contributed by atoms with Crippen LogP contribution in [0.2, 0.25) is 0 Å². The quantitative estimate of drug-likeness (QED) is 0.818. The van der Waals surface area contributed by atoms with Gasteiger partial charge in [-0.1, -0.05) is 6.92 Å². The molecule has 2 aromatic rings. The molecule has 2 N–H and O–H groups in total. The number of aryl methyl sites for hydroxylation is 2. The summed E-state index contributed by atoms with van der Waals surface area (Å²) >= 11 is 0. The van der Waals surface area contributed by atoms with Gasteiger partial charge >= 0.3 is 0 Å². The second-order valence-corrected chi connectivity index (χ2v) is 4.65. The third-order valence-corrected chi connectivity index (χ3v) is 3.27. The number of carbonyl (C=O) groups is 1. The molecular formula is C14H20N6O2. The second kappa shape index (κ2) is 6.88. The normalized spacial score (nSPS) is 10.4. The summed E-state index contributed by atoms with van der Waals surface area (Å²) in [6.45, 7) is 2.57. The summed E-state index contributed by atoms with van der Waals surface area (Å²) in [5.41, 5.74) is 2.24. The van der Waals surface area contributed by atoms with Crippen LogP contribution in [0.5, 0.6) is 5.88 Å². The number of hydrogen-bond donors (Lipinski definition) is 2. The van der Waals surface area contributed by atoms with Gasteiger partial charge in [-0.25, -0.2) is 4.68 Å². The molecule has 0 spiro atoms. The van der Waals surface area contributed by atoms with Crippen molar-refractivity contribution in [1.82, 2.24) is 25.3 Å². The Bertz CT molecular complexity index is 650. The number of anilines is 1. The fourth-order valence-electron chi connectivity index (χ4n) is 2.18. The van der Waals surface area contributed by atoms with Gasteiger partial charge in [0.25, 0.3) is 5.91 Å². The number of ether oxygens (including phenoxy) is 1. The zero-order valence-electron chi connectivity index (χ0n) is 13.2. The minimum absolute atomic E-state index is 0.263. The molecule has 8 nitrogen and oxygen atoms in total. The van der Waals surface area contributed by atoms with E-state index in [1.807, 2.05) is 14.0 Å². The maximum atomic E-state index is 11.4. The Morgan fingerprint density at radius 3 is 2.68 bits per heavy atom. The third kappa shape index (κ3) is 3.16. The van der Waals surface area contributed by atoms with E-state index in [0.29, 0.717) is 12.4 Å². The molecule has 0 aliphatic heterocycles. The molecule has 0 aliphatic rings. The Morgan fingerprint density at radius 1 is 1.36 bits per heavy atom. The average molecular weight is 304 g/mol. The van der Waals surface area contributed by atoms with Gasteiger partial charge in [0.1, 0.15) is 5.82 Å². The van der Waals surface area contributed by atoms with Crippen molar-refractivity contribution in [3.63, 3.8) is 0 Å². The first-order chi connectivity index (χ1) is 10.6. The lowest BCUT2D eigenvalue weighted by atomic mass is 10.2. The molecular weight excluding hydrogens is 284 g/mol. The maximum Gasteiger partial charge on any atom is 0.271 e. The Kier molecular flexibility index (Phi) is 4.92. The lowest BCUT2D eigenvalue weighted by Crippen LogP contribution is -2.19. The number of nitrogens with one attached hydrogen (secondary N) is 2. The zero-order chi connectivity index (χ0) is 16.1. The molecule has 22 heavy (non-hydrogen) atoms. The van der Waals surface area contributed by atoms with E-state index in [-0.39, 0.29) is 11.6 Å². The number of amides is 1. The lowest BCUT2D eigenvalue weighted by Gasteiger charge is -2.08. The van der Waals surface area contributed by atoms with Crippen LogP contribution >= 0.6 is 0 Å². The van der Waals surface area contributed by atoms with Crippen molar-refractivity contribution in [2.24, 2.45) is 7.05 Å². The topological polar surface area (TPSA) is 94.0 Å². The lowest BCUT2D eigenvalue weighted by molar-refractivity contribution is 0.0957. The standard InChI is InChI=1S/C14H20N6O2/c1-5-10-9(14(22-4)20(3)19-10)8-16-12-7-6-11(17-18-12)13(21)15-2/h6-7H,5,8H2,1-4H3,(H,15,21)(H,16,18). The van der Waals surface area contributed by atoms with Crippen LogP contribution in [-0.2, 0) is 20.0 Å². The van der Waals surface area contributed by atoms with Gasteiger partial charge in [-0.15, -0.1) is 10.2 Å². The van der Waals surface area contributed by atoms with Gasteiger partial charge in [-0.05, 0) is 18.6 Å². The molecule has 0 unspecified atom stereocenters. The van der Waals surface area contributed by atoms with Crippen molar-refractivity contribution < 1.29 is 9.53 Å². The van der Waals surface area contributed by atoms with Gasteiger partial charge in [0.2, 0.25) is 5.88 Å². The van der Waals surface area contributed by atoms with Crippen LogP contribution in [0.15, 0.2) is 12.1 Å². The number of rotatable bonds is 6. The summed E-state index contributed by atoms with van der Waals surface area (Å²) in [5.74, 6) is 1.04. The molecule has 0 radical (unpaired) electrons.